The molecule has 0 saturated heterocycles. The van der Waals surface area contributed by atoms with Crippen LogP contribution in [0.4, 0.5) is 15.8 Å². The van der Waals surface area contributed by atoms with E-state index in [2.05, 4.69) is 16.0 Å². The molecule has 5 nitrogen and oxygen atoms in total. The molecular formula is C14H16FN3O2. The Morgan fingerprint density at radius 3 is 2.60 bits per heavy atom. The van der Waals surface area contributed by atoms with Gasteiger partial charge in [-0.15, -0.1) is 0 Å². The summed E-state index contributed by atoms with van der Waals surface area (Å²) in [6, 6.07) is 3.80. The van der Waals surface area contributed by atoms with Crippen LogP contribution in [-0.4, -0.2) is 18.4 Å². The number of amides is 2. The van der Waals surface area contributed by atoms with Crippen LogP contribution in [0.25, 0.3) is 0 Å². The average Bonchev–Trinajstić information content (AvgIpc) is 2.52. The minimum Gasteiger partial charge on any atom is -0.390 e. The van der Waals surface area contributed by atoms with Crippen molar-refractivity contribution < 1.29 is 14.0 Å². The molecule has 1 aromatic rings. The summed E-state index contributed by atoms with van der Waals surface area (Å²) in [6.45, 7) is 2.73. The highest BCUT2D eigenvalue weighted by atomic mass is 19.1. The molecule has 0 aromatic heterocycles. The normalized spacial score (nSPS) is 16.2. The summed E-state index contributed by atoms with van der Waals surface area (Å²) in [4.78, 5) is 23.9. The summed E-state index contributed by atoms with van der Waals surface area (Å²) in [5.41, 5.74) is 0.597. The number of anilines is 2. The number of rotatable bonds is 4. The van der Waals surface area contributed by atoms with E-state index in [4.69, 9.17) is 0 Å². The molecule has 0 radical (unpaired) electrons. The first-order valence-corrected chi connectivity index (χ1v) is 6.47. The summed E-state index contributed by atoms with van der Waals surface area (Å²) in [5.74, 6) is -1.56. The topological polar surface area (TPSA) is 70.2 Å². The maximum atomic E-state index is 13.1. The molecule has 0 unspecified atom stereocenters. The Balaban J connectivity index is 2.19. The van der Waals surface area contributed by atoms with Crippen LogP contribution in [0.2, 0.25) is 0 Å². The average molecular weight is 277 g/mol. The van der Waals surface area contributed by atoms with E-state index >= 15 is 0 Å². The van der Waals surface area contributed by atoms with Crippen molar-refractivity contribution in [3.63, 3.8) is 0 Å². The smallest absolute Gasteiger partial charge is 0.262 e. The van der Waals surface area contributed by atoms with Gasteiger partial charge in [-0.3, -0.25) is 9.59 Å². The van der Waals surface area contributed by atoms with E-state index in [1.165, 1.54) is 24.4 Å². The fourth-order valence-corrected chi connectivity index (χ4v) is 1.80. The molecule has 1 heterocycles. The van der Waals surface area contributed by atoms with E-state index in [9.17, 15) is 14.0 Å². The lowest BCUT2D eigenvalue weighted by Gasteiger charge is -2.05. The molecule has 0 bridgehead atoms. The van der Waals surface area contributed by atoms with Crippen LogP contribution >= 0.6 is 0 Å². The fraction of sp³-hybridized carbons (Fsp3) is 0.286. The highest BCUT2D eigenvalue weighted by Gasteiger charge is 2.24. The number of carbonyl (C=O) groups is 2. The van der Waals surface area contributed by atoms with Gasteiger partial charge in [0.15, 0.2) is 0 Å². The Kier molecular flexibility index (Phi) is 4.34. The molecule has 6 heteroatoms. The van der Waals surface area contributed by atoms with E-state index in [1.807, 2.05) is 6.92 Å². The maximum Gasteiger partial charge on any atom is 0.262 e. The molecule has 1 aromatic carbocycles. The van der Waals surface area contributed by atoms with Crippen molar-refractivity contribution in [1.29, 1.82) is 0 Å². The standard InChI is InChI=1S/C14H16FN3O2/c1-2-3-6-16-8-10-13(19)17-11-5-4-9(15)7-12(11)18-14(10)20/h4-5,7-8,16H,2-3,6H2,1H3,(H,17,19)(H,18,20). The van der Waals surface area contributed by atoms with Crippen LogP contribution in [0.3, 0.4) is 0 Å². The summed E-state index contributed by atoms with van der Waals surface area (Å²) >= 11 is 0. The van der Waals surface area contributed by atoms with Gasteiger partial charge in [-0.2, -0.15) is 0 Å². The van der Waals surface area contributed by atoms with Gasteiger partial charge in [0.1, 0.15) is 11.4 Å². The van der Waals surface area contributed by atoms with E-state index in [0.717, 1.165) is 12.8 Å². The molecule has 1 aliphatic heterocycles. The molecule has 0 fully saturated rings. The highest BCUT2D eigenvalue weighted by molar-refractivity contribution is 6.29. The third-order valence-corrected chi connectivity index (χ3v) is 2.89. The van der Waals surface area contributed by atoms with Crippen molar-refractivity contribution in [3.8, 4) is 0 Å². The predicted octanol–water partition coefficient (Wildman–Crippen LogP) is 1.99. The van der Waals surface area contributed by atoms with Crippen molar-refractivity contribution in [2.45, 2.75) is 19.8 Å². The van der Waals surface area contributed by atoms with E-state index in [-0.39, 0.29) is 11.3 Å². The number of hydrogen-bond acceptors (Lipinski definition) is 3. The van der Waals surface area contributed by atoms with E-state index in [1.54, 1.807) is 0 Å². The number of carbonyl (C=O) groups excluding carboxylic acids is 2. The first-order chi connectivity index (χ1) is 9.61. The quantitative estimate of drug-likeness (QED) is 0.448. The predicted molar refractivity (Wildman–Crippen MR) is 74.7 cm³/mol. The SMILES string of the molecule is CCCCNC=C1C(=O)Nc2ccc(F)cc2NC1=O. The lowest BCUT2D eigenvalue weighted by Crippen LogP contribution is -2.24. The maximum absolute atomic E-state index is 13.1. The molecule has 3 N–H and O–H groups in total. The van der Waals surface area contributed by atoms with Gasteiger partial charge in [0, 0.05) is 12.7 Å². The molecular weight excluding hydrogens is 261 g/mol. The van der Waals surface area contributed by atoms with Gasteiger partial charge in [0.2, 0.25) is 0 Å². The molecule has 20 heavy (non-hydrogen) atoms. The van der Waals surface area contributed by atoms with Crippen LogP contribution < -0.4 is 16.0 Å². The molecule has 0 aliphatic carbocycles. The second-order valence-corrected chi connectivity index (χ2v) is 4.46. The van der Waals surface area contributed by atoms with Gasteiger partial charge in [0.05, 0.1) is 11.4 Å². The molecule has 2 amide bonds. The second-order valence-electron chi connectivity index (χ2n) is 4.46. The van der Waals surface area contributed by atoms with Gasteiger partial charge >= 0.3 is 0 Å². The Hall–Kier alpha value is -2.37. The Morgan fingerprint density at radius 1 is 1.20 bits per heavy atom. The van der Waals surface area contributed by atoms with Gasteiger partial charge in [-0.05, 0) is 24.6 Å². The van der Waals surface area contributed by atoms with Gasteiger partial charge in [0.25, 0.3) is 11.8 Å². The van der Waals surface area contributed by atoms with Crippen molar-refractivity contribution in [3.05, 3.63) is 35.8 Å². The fourth-order valence-electron chi connectivity index (χ4n) is 1.80. The van der Waals surface area contributed by atoms with E-state index in [0.29, 0.717) is 12.2 Å². The Bertz CT molecular complexity index is 570. The number of halogens is 1. The zero-order chi connectivity index (χ0) is 14.5. The lowest BCUT2D eigenvalue weighted by molar-refractivity contribution is -0.118. The minimum absolute atomic E-state index is 0.0299. The van der Waals surface area contributed by atoms with Crippen LogP contribution in [0, 0.1) is 5.82 Å². The molecule has 0 atom stereocenters. The van der Waals surface area contributed by atoms with Crippen molar-refractivity contribution >= 4 is 23.2 Å². The summed E-state index contributed by atoms with van der Waals surface area (Å²) < 4.78 is 13.1. The summed E-state index contributed by atoms with van der Waals surface area (Å²) in [6.07, 6.45) is 3.35. The zero-order valence-corrected chi connectivity index (χ0v) is 11.1. The third kappa shape index (κ3) is 3.14. The number of unbranched alkanes of at least 4 members (excludes halogenated alkanes) is 1. The Labute approximate surface area is 116 Å². The third-order valence-electron chi connectivity index (χ3n) is 2.89. The first kappa shape index (κ1) is 14.0. The molecule has 1 aliphatic rings. The monoisotopic (exact) mass is 277 g/mol. The van der Waals surface area contributed by atoms with E-state index < -0.39 is 17.6 Å². The van der Waals surface area contributed by atoms with Gasteiger partial charge in [-0.1, -0.05) is 13.3 Å². The minimum atomic E-state index is -0.559. The zero-order valence-electron chi connectivity index (χ0n) is 11.1. The molecule has 0 saturated carbocycles. The van der Waals surface area contributed by atoms with Crippen molar-refractivity contribution in [2.24, 2.45) is 0 Å². The number of nitrogens with one attached hydrogen (secondary N) is 3. The number of fused-ring (bicyclic) bond motifs is 1. The largest absolute Gasteiger partial charge is 0.390 e. The summed E-state index contributed by atoms with van der Waals surface area (Å²) in [7, 11) is 0. The molecule has 2 rings (SSSR count). The van der Waals surface area contributed by atoms with Gasteiger partial charge in [-0.25, -0.2) is 4.39 Å². The van der Waals surface area contributed by atoms with Crippen LogP contribution in [0.15, 0.2) is 30.0 Å². The molecule has 0 spiro atoms. The number of hydrogen-bond donors (Lipinski definition) is 3. The van der Waals surface area contributed by atoms with Crippen molar-refractivity contribution in [1.82, 2.24) is 5.32 Å². The van der Waals surface area contributed by atoms with Crippen LogP contribution in [0.5, 0.6) is 0 Å². The highest BCUT2D eigenvalue weighted by Crippen LogP contribution is 2.26. The number of benzene rings is 1. The van der Waals surface area contributed by atoms with Crippen molar-refractivity contribution in [2.75, 3.05) is 17.2 Å². The van der Waals surface area contributed by atoms with Gasteiger partial charge < -0.3 is 16.0 Å². The first-order valence-electron chi connectivity index (χ1n) is 6.47. The van der Waals surface area contributed by atoms with Crippen LogP contribution in [-0.2, 0) is 9.59 Å². The van der Waals surface area contributed by atoms with Crippen LogP contribution in [0.1, 0.15) is 19.8 Å². The summed E-state index contributed by atoms with van der Waals surface area (Å²) in [5, 5.41) is 8.01. The molecule has 106 valence electrons. The Morgan fingerprint density at radius 2 is 1.90 bits per heavy atom. The lowest BCUT2D eigenvalue weighted by atomic mass is 10.2. The second kappa shape index (κ2) is 6.18.